The van der Waals surface area contributed by atoms with Crippen LogP contribution >= 0.6 is 0 Å². The van der Waals surface area contributed by atoms with E-state index in [4.69, 9.17) is 38.7 Å². The van der Waals surface area contributed by atoms with Crippen molar-refractivity contribution in [3.05, 3.63) is 20.9 Å². The average Bonchev–Trinajstić information content (AvgIpc) is 3.08. The highest BCUT2D eigenvalue weighted by Crippen LogP contribution is 2.34. The average molecular weight is 530 g/mol. The fourth-order valence-corrected chi connectivity index (χ4v) is 3.79. The summed E-state index contributed by atoms with van der Waals surface area (Å²) in [5.74, 6) is -3.13. The van der Waals surface area contributed by atoms with Gasteiger partial charge in [0.25, 0.3) is 0 Å². The molecule has 204 valence electrons. The van der Waals surface area contributed by atoms with Crippen LogP contribution in [0.3, 0.4) is 0 Å². The van der Waals surface area contributed by atoms with Crippen LogP contribution in [0, 0.1) is 0 Å². The molecule has 0 spiro atoms. The molecular formula is C19H26N6O12. The topological polar surface area (TPSA) is 251 Å². The van der Waals surface area contributed by atoms with Crippen LogP contribution in [-0.4, -0.2) is 97.4 Å². The third kappa shape index (κ3) is 8.18. The lowest BCUT2D eigenvalue weighted by Crippen LogP contribution is -2.62. The van der Waals surface area contributed by atoms with Crippen LogP contribution in [0.4, 0.5) is 0 Å². The molecule has 0 saturated carbocycles. The zero-order valence-electron chi connectivity index (χ0n) is 20.2. The van der Waals surface area contributed by atoms with Gasteiger partial charge in [0.1, 0.15) is 31.0 Å². The molecule has 37 heavy (non-hydrogen) atoms. The number of hydrogen-bond acceptors (Lipinski definition) is 14. The maximum absolute atomic E-state index is 11.9. The van der Waals surface area contributed by atoms with Gasteiger partial charge in [0.2, 0.25) is 0 Å². The number of carbonyl (C=O) groups excluding carboxylic acids is 4. The van der Waals surface area contributed by atoms with Crippen LogP contribution in [0.1, 0.15) is 27.7 Å². The van der Waals surface area contributed by atoms with Crippen LogP contribution < -0.4 is 0 Å². The molecule has 2 rings (SSSR count). The molecule has 2 fully saturated rings. The summed E-state index contributed by atoms with van der Waals surface area (Å²) >= 11 is 0. The zero-order chi connectivity index (χ0) is 27.7. The minimum absolute atomic E-state index is 0.427. The van der Waals surface area contributed by atoms with Gasteiger partial charge in [-0.3, -0.25) is 19.2 Å². The maximum atomic E-state index is 11.9. The summed E-state index contributed by atoms with van der Waals surface area (Å²) in [6, 6.07) is -1.49. The van der Waals surface area contributed by atoms with Gasteiger partial charge in [-0.05, 0) is 11.1 Å². The lowest BCUT2D eigenvalue weighted by molar-refractivity contribution is -0.285. The predicted molar refractivity (Wildman–Crippen MR) is 115 cm³/mol. The Bertz CT molecular complexity index is 967. The van der Waals surface area contributed by atoms with Crippen LogP contribution in [0.15, 0.2) is 10.2 Å². The first-order chi connectivity index (χ1) is 17.5. The van der Waals surface area contributed by atoms with Gasteiger partial charge in [0, 0.05) is 37.5 Å². The van der Waals surface area contributed by atoms with E-state index < -0.39 is 92.3 Å². The van der Waals surface area contributed by atoms with Crippen molar-refractivity contribution in [2.45, 2.75) is 82.9 Å². The van der Waals surface area contributed by atoms with Gasteiger partial charge in [0.15, 0.2) is 30.9 Å². The molecule has 2 heterocycles. The Hall–Kier alpha value is -3.66. The SMILES string of the molecule is CC(=O)OC[C@H]1OC(O)[C@H](OC(C)=O)[C@@H]1OC1O[C@@H](CN=[N+]=[N-])[C@@H](OC(C)=O)[C@H](OC(C)=O)C1N=[N+]=[N-]. The summed E-state index contributed by atoms with van der Waals surface area (Å²) in [7, 11) is 0. The van der Waals surface area contributed by atoms with Crippen LogP contribution in [0.25, 0.3) is 20.9 Å². The Balaban J connectivity index is 2.49. The predicted octanol–water partition coefficient (Wildman–Crippen LogP) is 0.161. The monoisotopic (exact) mass is 530 g/mol. The van der Waals surface area contributed by atoms with Crippen molar-refractivity contribution < 1.29 is 57.4 Å². The van der Waals surface area contributed by atoms with Crippen molar-refractivity contribution in [3.63, 3.8) is 0 Å². The fraction of sp³-hybridized carbons (Fsp3) is 0.789. The second-order valence-electron chi connectivity index (χ2n) is 7.84. The second kappa shape index (κ2) is 13.6. The Morgan fingerprint density at radius 1 is 0.811 bits per heavy atom. The van der Waals surface area contributed by atoms with Crippen molar-refractivity contribution in [2.24, 2.45) is 10.2 Å². The molecule has 0 aromatic rings. The molecule has 2 aliphatic heterocycles. The summed E-state index contributed by atoms with van der Waals surface area (Å²) in [4.78, 5) is 51.9. The van der Waals surface area contributed by atoms with E-state index in [0.29, 0.717) is 0 Å². The van der Waals surface area contributed by atoms with E-state index in [-0.39, 0.29) is 0 Å². The smallest absolute Gasteiger partial charge is 0.303 e. The number of hydrogen-bond donors (Lipinski definition) is 1. The van der Waals surface area contributed by atoms with E-state index in [9.17, 15) is 29.8 Å². The first-order valence-electron chi connectivity index (χ1n) is 10.8. The molecule has 0 amide bonds. The van der Waals surface area contributed by atoms with Crippen LogP contribution in [0.2, 0.25) is 0 Å². The van der Waals surface area contributed by atoms with E-state index in [1.54, 1.807) is 0 Å². The maximum Gasteiger partial charge on any atom is 0.303 e. The number of nitrogens with zero attached hydrogens (tertiary/aromatic N) is 6. The largest absolute Gasteiger partial charge is 0.463 e. The minimum Gasteiger partial charge on any atom is -0.463 e. The highest BCUT2D eigenvalue weighted by molar-refractivity contribution is 5.68. The lowest BCUT2D eigenvalue weighted by atomic mass is 9.96. The zero-order valence-corrected chi connectivity index (χ0v) is 20.2. The van der Waals surface area contributed by atoms with Crippen molar-refractivity contribution in [2.75, 3.05) is 13.2 Å². The molecule has 1 N–H and O–H groups in total. The highest BCUT2D eigenvalue weighted by atomic mass is 16.7. The number of azide groups is 2. The van der Waals surface area contributed by atoms with E-state index >= 15 is 0 Å². The van der Waals surface area contributed by atoms with Crippen molar-refractivity contribution in [1.29, 1.82) is 0 Å². The minimum atomic E-state index is -1.70. The molecule has 0 aromatic carbocycles. The third-order valence-electron chi connectivity index (χ3n) is 5.06. The molecule has 0 aliphatic carbocycles. The number of esters is 4. The molecule has 2 saturated heterocycles. The van der Waals surface area contributed by atoms with E-state index in [0.717, 1.165) is 27.7 Å². The molecule has 18 nitrogen and oxygen atoms in total. The Morgan fingerprint density at radius 2 is 1.41 bits per heavy atom. The van der Waals surface area contributed by atoms with Gasteiger partial charge in [-0.2, -0.15) is 0 Å². The summed E-state index contributed by atoms with van der Waals surface area (Å²) < 4.78 is 37.6. The molecular weight excluding hydrogens is 504 g/mol. The Morgan fingerprint density at radius 3 is 1.95 bits per heavy atom. The molecule has 0 aromatic heterocycles. The number of aliphatic hydroxyl groups is 1. The molecule has 0 radical (unpaired) electrons. The molecule has 0 bridgehead atoms. The first kappa shape index (κ1) is 29.6. The Kier molecular flexibility index (Phi) is 10.9. The quantitative estimate of drug-likeness (QED) is 0.130. The van der Waals surface area contributed by atoms with Gasteiger partial charge in [-0.15, -0.1) is 0 Å². The van der Waals surface area contributed by atoms with Crippen molar-refractivity contribution in [3.8, 4) is 0 Å². The number of aliphatic hydroxyl groups excluding tert-OH is 1. The standard InChI is InChI=1S/C19H26N6O12/c1-7(26)31-6-12-15(17(18(30)35-12)34-10(4)29)37-19-13(23-25-21)16(33-9(3)28)14(32-8(2)27)11(36-19)5-22-24-20/h11-19,30H,5-6H2,1-4H3/t11-,12+,13?,14+,15+,16+,17+,18?,19?/m0/s1. The van der Waals surface area contributed by atoms with E-state index in [1.807, 2.05) is 0 Å². The number of ether oxygens (including phenoxy) is 7. The van der Waals surface area contributed by atoms with E-state index in [2.05, 4.69) is 20.1 Å². The van der Waals surface area contributed by atoms with Crippen molar-refractivity contribution >= 4 is 23.9 Å². The summed E-state index contributed by atoms with van der Waals surface area (Å²) in [6.45, 7) is 3.47. The van der Waals surface area contributed by atoms with Gasteiger partial charge in [-0.25, -0.2) is 0 Å². The molecule has 18 heteroatoms. The summed E-state index contributed by atoms with van der Waals surface area (Å²) in [6.07, 6.45) is -11.4. The van der Waals surface area contributed by atoms with Gasteiger partial charge in [-0.1, -0.05) is 10.2 Å². The van der Waals surface area contributed by atoms with E-state index in [1.165, 1.54) is 0 Å². The summed E-state index contributed by atoms with van der Waals surface area (Å²) in [5, 5.41) is 17.3. The van der Waals surface area contributed by atoms with Crippen LogP contribution in [0.5, 0.6) is 0 Å². The fourth-order valence-electron chi connectivity index (χ4n) is 3.79. The highest BCUT2D eigenvalue weighted by Gasteiger charge is 2.54. The summed E-state index contributed by atoms with van der Waals surface area (Å²) in [5.41, 5.74) is 17.9. The second-order valence-corrected chi connectivity index (χ2v) is 7.84. The van der Waals surface area contributed by atoms with Crippen molar-refractivity contribution in [1.82, 2.24) is 0 Å². The Labute approximate surface area is 209 Å². The first-order valence-corrected chi connectivity index (χ1v) is 10.8. The van der Waals surface area contributed by atoms with Gasteiger partial charge < -0.3 is 38.3 Å². The van der Waals surface area contributed by atoms with Crippen LogP contribution in [-0.2, 0) is 52.3 Å². The molecule has 9 atom stereocenters. The number of rotatable bonds is 10. The molecule has 3 unspecified atom stereocenters. The van der Waals surface area contributed by atoms with Gasteiger partial charge in [0.05, 0.1) is 6.54 Å². The van der Waals surface area contributed by atoms with Gasteiger partial charge >= 0.3 is 23.9 Å². The molecule has 2 aliphatic rings. The lowest BCUT2D eigenvalue weighted by Gasteiger charge is -2.44. The number of carbonyl (C=O) groups is 4. The normalized spacial score (nSPS) is 32.7. The third-order valence-corrected chi connectivity index (χ3v) is 5.06.